The van der Waals surface area contributed by atoms with Gasteiger partial charge in [-0.1, -0.05) is 6.07 Å². The maximum atomic E-state index is 5.83. The predicted octanol–water partition coefficient (Wildman–Crippen LogP) is 0.834. The molecule has 0 spiro atoms. The molecule has 23 heavy (non-hydrogen) atoms. The van der Waals surface area contributed by atoms with Gasteiger partial charge < -0.3 is 30.4 Å². The number of rotatable bonds is 7. The Kier molecular flexibility index (Phi) is 6.64. The van der Waals surface area contributed by atoms with E-state index in [1.807, 2.05) is 12.1 Å². The summed E-state index contributed by atoms with van der Waals surface area (Å²) < 4.78 is 22.1. The Bertz CT molecular complexity index is 552. The van der Waals surface area contributed by atoms with Crippen molar-refractivity contribution >= 4 is 12.2 Å². The molecule has 8 nitrogen and oxygen atoms in total. The van der Waals surface area contributed by atoms with Crippen LogP contribution in [0.5, 0.6) is 11.5 Å². The molecule has 0 unspecified atom stereocenters. The van der Waals surface area contributed by atoms with E-state index in [1.165, 1.54) is 6.21 Å². The van der Waals surface area contributed by atoms with Gasteiger partial charge in [0.15, 0.2) is 17.8 Å². The van der Waals surface area contributed by atoms with E-state index in [0.717, 1.165) is 19.6 Å². The highest BCUT2D eigenvalue weighted by Crippen LogP contribution is 2.30. The molecule has 0 aromatic heterocycles. The largest absolute Gasteiger partial charge is 0.493 e. The van der Waals surface area contributed by atoms with Gasteiger partial charge in [0.2, 0.25) is 5.96 Å². The van der Waals surface area contributed by atoms with Gasteiger partial charge in [-0.15, -0.1) is 5.10 Å². The normalized spacial score (nSPS) is 15.5. The van der Waals surface area contributed by atoms with Crippen molar-refractivity contribution in [3.8, 4) is 11.5 Å². The average Bonchev–Trinajstić information content (AvgIpc) is 2.56. The summed E-state index contributed by atoms with van der Waals surface area (Å²) in [6.07, 6.45) is 2.83. The predicted molar refractivity (Wildman–Crippen MR) is 86.8 cm³/mol. The fourth-order valence-electron chi connectivity index (χ4n) is 2.07. The van der Waals surface area contributed by atoms with Crippen LogP contribution in [-0.2, 0) is 9.47 Å². The number of nitrogens with zero attached hydrogens (tertiary/aromatic N) is 2. The standard InChI is InChI=1S/C15H22N4O4/c1-20-12-5-2-4-11(10-18-19-15(16)17)14(12)23-9-6-13-21-7-3-8-22-13/h2,4-5,10,13H,3,6-9H2,1H3,(H4,16,17,19). The number of nitrogens with two attached hydrogens (primary N) is 2. The van der Waals surface area contributed by atoms with Gasteiger partial charge in [0.05, 0.1) is 33.1 Å². The van der Waals surface area contributed by atoms with Gasteiger partial charge in [-0.25, -0.2) is 0 Å². The first-order chi connectivity index (χ1) is 11.2. The van der Waals surface area contributed by atoms with Crippen LogP contribution in [0.3, 0.4) is 0 Å². The Morgan fingerprint density at radius 2 is 2.13 bits per heavy atom. The topological polar surface area (TPSA) is 114 Å². The van der Waals surface area contributed by atoms with E-state index in [0.29, 0.717) is 30.1 Å². The number of ether oxygens (including phenoxy) is 4. The van der Waals surface area contributed by atoms with Gasteiger partial charge in [0, 0.05) is 12.0 Å². The van der Waals surface area contributed by atoms with Gasteiger partial charge in [0.25, 0.3) is 0 Å². The quantitative estimate of drug-likeness (QED) is 0.437. The zero-order valence-corrected chi connectivity index (χ0v) is 13.1. The van der Waals surface area contributed by atoms with Crippen LogP contribution in [0.4, 0.5) is 0 Å². The molecule has 1 aliphatic rings. The second-order valence-corrected chi connectivity index (χ2v) is 4.81. The minimum absolute atomic E-state index is 0.113. The Balaban J connectivity index is 2.02. The Labute approximate surface area is 135 Å². The zero-order valence-electron chi connectivity index (χ0n) is 13.1. The second-order valence-electron chi connectivity index (χ2n) is 4.81. The molecule has 1 saturated heterocycles. The Morgan fingerprint density at radius 1 is 1.35 bits per heavy atom. The van der Waals surface area contributed by atoms with E-state index in [1.54, 1.807) is 13.2 Å². The minimum atomic E-state index is -0.225. The molecular formula is C15H22N4O4. The van der Waals surface area contributed by atoms with Gasteiger partial charge in [-0.05, 0) is 18.6 Å². The minimum Gasteiger partial charge on any atom is -0.493 e. The molecule has 4 N–H and O–H groups in total. The third-order valence-electron chi connectivity index (χ3n) is 3.10. The van der Waals surface area contributed by atoms with Crippen molar-refractivity contribution in [2.75, 3.05) is 26.9 Å². The summed E-state index contributed by atoms with van der Waals surface area (Å²) >= 11 is 0. The SMILES string of the molecule is COc1cccc(C=NN=C(N)N)c1OCCC1OCCCO1. The molecule has 0 radical (unpaired) electrons. The lowest BCUT2D eigenvalue weighted by atomic mass is 10.2. The molecule has 1 aromatic rings. The molecule has 0 amide bonds. The molecule has 1 heterocycles. The van der Waals surface area contributed by atoms with Crippen molar-refractivity contribution in [2.45, 2.75) is 19.1 Å². The summed E-state index contributed by atoms with van der Waals surface area (Å²) in [5.74, 6) is 1.06. The van der Waals surface area contributed by atoms with Crippen LogP contribution < -0.4 is 20.9 Å². The molecule has 0 saturated carbocycles. The summed E-state index contributed by atoms with van der Waals surface area (Å²) in [4.78, 5) is 0. The van der Waals surface area contributed by atoms with E-state index in [4.69, 9.17) is 30.4 Å². The summed E-state index contributed by atoms with van der Waals surface area (Å²) in [6, 6.07) is 5.47. The first-order valence-corrected chi connectivity index (χ1v) is 7.35. The third kappa shape index (κ3) is 5.42. The maximum absolute atomic E-state index is 5.83. The molecule has 8 heteroatoms. The van der Waals surface area contributed by atoms with Crippen molar-refractivity contribution in [2.24, 2.45) is 21.7 Å². The van der Waals surface area contributed by atoms with E-state index < -0.39 is 0 Å². The summed E-state index contributed by atoms with van der Waals surface area (Å²) in [5, 5.41) is 7.38. The maximum Gasteiger partial charge on any atom is 0.211 e. The average molecular weight is 322 g/mol. The number of guanidine groups is 1. The number of benzene rings is 1. The van der Waals surface area contributed by atoms with E-state index in [9.17, 15) is 0 Å². The van der Waals surface area contributed by atoms with Gasteiger partial charge in [-0.3, -0.25) is 0 Å². The van der Waals surface area contributed by atoms with Crippen LogP contribution in [0.25, 0.3) is 0 Å². The van der Waals surface area contributed by atoms with Crippen molar-refractivity contribution in [3.05, 3.63) is 23.8 Å². The molecule has 1 fully saturated rings. The highest BCUT2D eigenvalue weighted by molar-refractivity contribution is 5.86. The molecule has 1 aliphatic heterocycles. The molecular weight excluding hydrogens is 300 g/mol. The lowest BCUT2D eigenvalue weighted by Gasteiger charge is -2.23. The van der Waals surface area contributed by atoms with Gasteiger partial charge >= 0.3 is 0 Å². The van der Waals surface area contributed by atoms with Crippen molar-refractivity contribution < 1.29 is 18.9 Å². The Morgan fingerprint density at radius 3 is 2.83 bits per heavy atom. The molecule has 0 aliphatic carbocycles. The smallest absolute Gasteiger partial charge is 0.211 e. The lowest BCUT2D eigenvalue weighted by Crippen LogP contribution is -2.26. The van der Waals surface area contributed by atoms with Crippen LogP contribution in [0.2, 0.25) is 0 Å². The number of hydrogen-bond donors (Lipinski definition) is 2. The van der Waals surface area contributed by atoms with Crippen molar-refractivity contribution in [1.29, 1.82) is 0 Å². The first-order valence-electron chi connectivity index (χ1n) is 7.35. The van der Waals surface area contributed by atoms with Crippen molar-refractivity contribution in [3.63, 3.8) is 0 Å². The van der Waals surface area contributed by atoms with Crippen LogP contribution in [-0.4, -0.2) is 45.4 Å². The van der Waals surface area contributed by atoms with Crippen LogP contribution in [0, 0.1) is 0 Å². The van der Waals surface area contributed by atoms with Crippen LogP contribution in [0.15, 0.2) is 28.4 Å². The number of methoxy groups -OCH3 is 1. The van der Waals surface area contributed by atoms with Crippen molar-refractivity contribution in [1.82, 2.24) is 0 Å². The summed E-state index contributed by atoms with van der Waals surface area (Å²) in [5.41, 5.74) is 11.2. The van der Waals surface area contributed by atoms with E-state index in [-0.39, 0.29) is 12.2 Å². The lowest BCUT2D eigenvalue weighted by molar-refractivity contribution is -0.183. The van der Waals surface area contributed by atoms with Gasteiger partial charge in [-0.2, -0.15) is 5.10 Å². The second kappa shape index (κ2) is 8.96. The van der Waals surface area contributed by atoms with E-state index >= 15 is 0 Å². The van der Waals surface area contributed by atoms with Crippen LogP contribution >= 0.6 is 0 Å². The molecule has 0 bridgehead atoms. The zero-order chi connectivity index (χ0) is 16.5. The molecule has 126 valence electrons. The first kappa shape index (κ1) is 17.0. The van der Waals surface area contributed by atoms with Gasteiger partial charge in [0.1, 0.15) is 0 Å². The highest BCUT2D eigenvalue weighted by atomic mass is 16.7. The number of para-hydroxylation sites is 1. The summed E-state index contributed by atoms with van der Waals surface area (Å²) in [7, 11) is 1.58. The number of hydrogen-bond acceptors (Lipinski definition) is 6. The van der Waals surface area contributed by atoms with E-state index in [2.05, 4.69) is 10.2 Å². The fourth-order valence-corrected chi connectivity index (χ4v) is 2.07. The Hall–Kier alpha value is -2.32. The van der Waals surface area contributed by atoms with Crippen LogP contribution in [0.1, 0.15) is 18.4 Å². The highest BCUT2D eigenvalue weighted by Gasteiger charge is 2.15. The summed E-state index contributed by atoms with van der Waals surface area (Å²) in [6.45, 7) is 1.86. The molecule has 2 rings (SSSR count). The molecule has 0 atom stereocenters. The molecule has 1 aromatic carbocycles. The third-order valence-corrected chi connectivity index (χ3v) is 3.10. The fraction of sp³-hybridized carbons (Fsp3) is 0.467. The monoisotopic (exact) mass is 322 g/mol.